The summed E-state index contributed by atoms with van der Waals surface area (Å²) in [7, 11) is 0. The summed E-state index contributed by atoms with van der Waals surface area (Å²) in [5.41, 5.74) is 2.66. The molecule has 140 valence electrons. The molecule has 1 fully saturated rings. The van der Waals surface area contributed by atoms with Crippen molar-refractivity contribution in [3.8, 4) is 0 Å². The van der Waals surface area contributed by atoms with Crippen LogP contribution in [0.3, 0.4) is 0 Å². The van der Waals surface area contributed by atoms with Gasteiger partial charge in [0.2, 0.25) is 5.91 Å². The van der Waals surface area contributed by atoms with Crippen molar-refractivity contribution >= 4 is 46.8 Å². The quantitative estimate of drug-likeness (QED) is 0.715. The van der Waals surface area contributed by atoms with Gasteiger partial charge in [0.15, 0.2) is 0 Å². The molecule has 1 heterocycles. The van der Waals surface area contributed by atoms with E-state index in [-0.39, 0.29) is 11.8 Å². The Bertz CT molecular complexity index is 903. The predicted octanol–water partition coefficient (Wildman–Crippen LogP) is 5.19. The van der Waals surface area contributed by atoms with Crippen LogP contribution in [0.15, 0.2) is 42.5 Å². The van der Waals surface area contributed by atoms with Crippen molar-refractivity contribution in [1.82, 2.24) is 4.90 Å². The topological polar surface area (TPSA) is 49.4 Å². The molecule has 0 spiro atoms. The molecule has 1 aliphatic rings. The number of hydrogen-bond donors (Lipinski definition) is 1. The summed E-state index contributed by atoms with van der Waals surface area (Å²) in [6.07, 6.45) is 5.08. The van der Waals surface area contributed by atoms with Crippen LogP contribution >= 0.6 is 23.2 Å². The normalized spacial score (nSPS) is 14.0. The summed E-state index contributed by atoms with van der Waals surface area (Å²) >= 11 is 12.1. The third kappa shape index (κ3) is 4.71. The highest BCUT2D eigenvalue weighted by atomic mass is 35.5. The average molecular weight is 403 g/mol. The number of rotatable bonds is 4. The molecule has 0 atom stereocenters. The van der Waals surface area contributed by atoms with Gasteiger partial charge in [0, 0.05) is 40.5 Å². The minimum absolute atomic E-state index is 0.0161. The van der Waals surface area contributed by atoms with E-state index in [0.29, 0.717) is 26.9 Å². The molecular weight excluding hydrogens is 383 g/mol. The molecule has 3 rings (SSSR count). The van der Waals surface area contributed by atoms with Crippen molar-refractivity contribution in [2.24, 2.45) is 0 Å². The van der Waals surface area contributed by atoms with E-state index in [0.717, 1.165) is 31.5 Å². The van der Waals surface area contributed by atoms with Crippen LogP contribution in [0.25, 0.3) is 6.08 Å². The molecule has 4 nitrogen and oxygen atoms in total. The molecule has 0 radical (unpaired) electrons. The van der Waals surface area contributed by atoms with Crippen LogP contribution in [0, 0.1) is 6.92 Å². The Kier molecular flexibility index (Phi) is 6.19. The van der Waals surface area contributed by atoms with Gasteiger partial charge in [0.05, 0.1) is 0 Å². The summed E-state index contributed by atoms with van der Waals surface area (Å²) in [4.78, 5) is 26.8. The maximum atomic E-state index is 12.7. The van der Waals surface area contributed by atoms with E-state index in [4.69, 9.17) is 23.2 Å². The number of anilines is 1. The van der Waals surface area contributed by atoms with Gasteiger partial charge < -0.3 is 10.2 Å². The Hall–Kier alpha value is -2.30. The van der Waals surface area contributed by atoms with E-state index in [2.05, 4.69) is 5.32 Å². The second-order valence-corrected chi connectivity index (χ2v) is 7.31. The van der Waals surface area contributed by atoms with Crippen LogP contribution in [0.5, 0.6) is 0 Å². The Morgan fingerprint density at radius 1 is 1.11 bits per heavy atom. The van der Waals surface area contributed by atoms with Crippen molar-refractivity contribution in [2.75, 3.05) is 18.4 Å². The highest BCUT2D eigenvalue weighted by molar-refractivity contribution is 6.34. The molecule has 0 unspecified atom stereocenters. The highest BCUT2D eigenvalue weighted by Gasteiger charge is 2.21. The molecule has 1 saturated heterocycles. The average Bonchev–Trinajstić information content (AvgIpc) is 3.18. The van der Waals surface area contributed by atoms with Gasteiger partial charge in [-0.15, -0.1) is 0 Å². The zero-order valence-corrected chi connectivity index (χ0v) is 16.5. The van der Waals surface area contributed by atoms with E-state index < -0.39 is 0 Å². The Balaban J connectivity index is 1.74. The molecule has 0 aromatic heterocycles. The summed E-state index contributed by atoms with van der Waals surface area (Å²) in [6.45, 7) is 3.42. The smallest absolute Gasteiger partial charge is 0.254 e. The monoisotopic (exact) mass is 402 g/mol. The van der Waals surface area contributed by atoms with Crippen LogP contribution in [-0.4, -0.2) is 29.8 Å². The zero-order valence-electron chi connectivity index (χ0n) is 15.0. The lowest BCUT2D eigenvalue weighted by atomic mass is 10.1. The number of nitrogens with zero attached hydrogens (tertiary/aromatic N) is 1. The summed E-state index contributed by atoms with van der Waals surface area (Å²) in [5, 5.41) is 3.88. The summed E-state index contributed by atoms with van der Waals surface area (Å²) in [5.74, 6) is -0.290. The summed E-state index contributed by atoms with van der Waals surface area (Å²) < 4.78 is 0. The fourth-order valence-electron chi connectivity index (χ4n) is 3.08. The van der Waals surface area contributed by atoms with Crippen molar-refractivity contribution in [3.63, 3.8) is 0 Å². The first-order valence-electron chi connectivity index (χ1n) is 8.79. The van der Waals surface area contributed by atoms with Crippen LogP contribution in [0.1, 0.15) is 34.3 Å². The van der Waals surface area contributed by atoms with E-state index in [1.54, 1.807) is 42.5 Å². The SMILES string of the molecule is Cc1c(NC(=O)/C=C/c2cc(Cl)ccc2Cl)cccc1C(=O)N1CCCC1. The van der Waals surface area contributed by atoms with Gasteiger partial charge in [-0.1, -0.05) is 29.3 Å². The lowest BCUT2D eigenvalue weighted by Gasteiger charge is -2.18. The highest BCUT2D eigenvalue weighted by Crippen LogP contribution is 2.23. The lowest BCUT2D eigenvalue weighted by molar-refractivity contribution is -0.111. The fraction of sp³-hybridized carbons (Fsp3) is 0.238. The molecular formula is C21H20Cl2N2O2. The van der Waals surface area contributed by atoms with Crippen molar-refractivity contribution in [3.05, 3.63) is 69.2 Å². The number of hydrogen-bond acceptors (Lipinski definition) is 2. The van der Waals surface area contributed by atoms with E-state index in [1.807, 2.05) is 11.8 Å². The maximum absolute atomic E-state index is 12.7. The molecule has 1 aliphatic heterocycles. The second kappa shape index (κ2) is 8.59. The molecule has 2 aromatic rings. The number of likely N-dealkylation sites (tertiary alicyclic amines) is 1. The molecule has 2 amide bonds. The van der Waals surface area contributed by atoms with E-state index >= 15 is 0 Å². The zero-order chi connectivity index (χ0) is 19.4. The molecule has 0 aliphatic carbocycles. The molecule has 1 N–H and O–H groups in total. The van der Waals surface area contributed by atoms with Crippen LogP contribution in [0.4, 0.5) is 5.69 Å². The fourth-order valence-corrected chi connectivity index (χ4v) is 3.44. The van der Waals surface area contributed by atoms with Crippen LogP contribution in [-0.2, 0) is 4.79 Å². The van der Waals surface area contributed by atoms with E-state index in [1.165, 1.54) is 6.08 Å². The minimum Gasteiger partial charge on any atom is -0.339 e. The number of nitrogens with one attached hydrogen (secondary N) is 1. The number of carbonyl (C=O) groups excluding carboxylic acids is 2. The van der Waals surface area contributed by atoms with Gasteiger partial charge in [-0.3, -0.25) is 9.59 Å². The van der Waals surface area contributed by atoms with E-state index in [9.17, 15) is 9.59 Å². The minimum atomic E-state index is -0.306. The van der Waals surface area contributed by atoms with Crippen molar-refractivity contribution < 1.29 is 9.59 Å². The largest absolute Gasteiger partial charge is 0.339 e. The first kappa shape index (κ1) is 19.5. The number of amides is 2. The molecule has 27 heavy (non-hydrogen) atoms. The van der Waals surface area contributed by atoms with Gasteiger partial charge >= 0.3 is 0 Å². The molecule has 0 bridgehead atoms. The Morgan fingerprint density at radius 3 is 2.59 bits per heavy atom. The van der Waals surface area contributed by atoms with Crippen molar-refractivity contribution in [2.45, 2.75) is 19.8 Å². The van der Waals surface area contributed by atoms with Gasteiger partial charge in [0.25, 0.3) is 5.91 Å². The lowest BCUT2D eigenvalue weighted by Crippen LogP contribution is -2.28. The molecule has 6 heteroatoms. The van der Waals surface area contributed by atoms with Gasteiger partial charge in [-0.2, -0.15) is 0 Å². The van der Waals surface area contributed by atoms with Crippen molar-refractivity contribution in [1.29, 1.82) is 0 Å². The summed E-state index contributed by atoms with van der Waals surface area (Å²) in [6, 6.07) is 10.4. The molecule has 2 aromatic carbocycles. The number of carbonyl (C=O) groups is 2. The van der Waals surface area contributed by atoms with Gasteiger partial charge in [0.1, 0.15) is 0 Å². The maximum Gasteiger partial charge on any atom is 0.254 e. The first-order valence-corrected chi connectivity index (χ1v) is 9.54. The predicted molar refractivity (Wildman–Crippen MR) is 110 cm³/mol. The Morgan fingerprint density at radius 2 is 1.85 bits per heavy atom. The van der Waals surface area contributed by atoms with Crippen LogP contribution in [0.2, 0.25) is 10.0 Å². The first-order chi connectivity index (χ1) is 13.0. The standard InChI is InChI=1S/C21H20Cl2N2O2/c1-14-17(21(27)25-11-2-3-12-25)5-4-6-19(14)24-20(26)10-7-15-13-16(22)8-9-18(15)23/h4-10,13H,2-3,11-12H2,1H3,(H,24,26)/b10-7+. The second-order valence-electron chi connectivity index (χ2n) is 6.47. The molecule has 0 saturated carbocycles. The Labute approximate surface area is 168 Å². The third-order valence-electron chi connectivity index (χ3n) is 4.59. The van der Waals surface area contributed by atoms with Crippen LogP contribution < -0.4 is 5.32 Å². The number of halogens is 2. The number of benzene rings is 2. The van der Waals surface area contributed by atoms with Gasteiger partial charge in [-0.25, -0.2) is 0 Å². The van der Waals surface area contributed by atoms with Gasteiger partial charge in [-0.05, 0) is 67.3 Å². The third-order valence-corrected chi connectivity index (χ3v) is 5.17.